The summed E-state index contributed by atoms with van der Waals surface area (Å²) in [4.78, 5) is 42.7. The zero-order valence-corrected chi connectivity index (χ0v) is 18.5. The van der Waals surface area contributed by atoms with Gasteiger partial charge < -0.3 is 5.32 Å². The second-order valence-corrected chi connectivity index (χ2v) is 8.87. The van der Waals surface area contributed by atoms with Crippen molar-refractivity contribution in [1.82, 2.24) is 19.6 Å². The van der Waals surface area contributed by atoms with E-state index in [1.54, 1.807) is 30.5 Å². The third-order valence-corrected chi connectivity index (χ3v) is 6.68. The number of carbonyl (C=O) groups excluding carboxylic acids is 3. The van der Waals surface area contributed by atoms with Gasteiger partial charge in [-0.2, -0.15) is 0 Å². The molecule has 1 aliphatic heterocycles. The van der Waals surface area contributed by atoms with E-state index in [1.807, 2.05) is 34.9 Å². The molecule has 0 atom stereocenters. The van der Waals surface area contributed by atoms with Crippen LogP contribution in [-0.4, -0.2) is 50.2 Å². The number of thioether (sulfide) groups is 2. The molecule has 1 N–H and O–H groups in total. The number of hydrogen-bond donors (Lipinski definition) is 1. The summed E-state index contributed by atoms with van der Waals surface area (Å²) in [6, 6.07) is 12.9. The number of pyridine rings is 1. The van der Waals surface area contributed by atoms with Crippen LogP contribution in [0.5, 0.6) is 0 Å². The second-order valence-electron chi connectivity index (χ2n) is 6.53. The first-order valence-corrected chi connectivity index (χ1v) is 11.5. The normalized spacial score (nSPS) is 15.3. The molecule has 0 aliphatic carbocycles. The summed E-state index contributed by atoms with van der Waals surface area (Å²) >= 11 is 8.31. The minimum Gasteiger partial charge on any atom is -0.354 e. The van der Waals surface area contributed by atoms with Gasteiger partial charge in [0.15, 0.2) is 5.16 Å². The number of hydrogen-bond acceptors (Lipinski definition) is 6. The predicted octanol–water partition coefficient (Wildman–Crippen LogP) is 3.93. The number of fused-ring (bicyclic) bond motifs is 1. The molecule has 158 valence electrons. The van der Waals surface area contributed by atoms with E-state index in [0.717, 1.165) is 27.3 Å². The lowest BCUT2D eigenvalue weighted by molar-refractivity contribution is -0.123. The molecular formula is C21H17ClN4O3S2. The van der Waals surface area contributed by atoms with Crippen molar-refractivity contribution in [3.63, 3.8) is 0 Å². The fraction of sp³-hybridized carbons (Fsp3) is 0.143. The smallest absolute Gasteiger partial charge is 0.293 e. The monoisotopic (exact) mass is 472 g/mol. The first kappa shape index (κ1) is 21.5. The van der Waals surface area contributed by atoms with Crippen LogP contribution in [0.2, 0.25) is 5.02 Å². The molecule has 0 bridgehead atoms. The van der Waals surface area contributed by atoms with E-state index in [0.29, 0.717) is 15.5 Å². The molecule has 0 radical (unpaired) electrons. The van der Waals surface area contributed by atoms with Crippen molar-refractivity contribution in [2.45, 2.75) is 5.16 Å². The Morgan fingerprint density at radius 3 is 2.84 bits per heavy atom. The molecule has 1 fully saturated rings. The number of imidazole rings is 1. The van der Waals surface area contributed by atoms with Crippen LogP contribution in [0.4, 0.5) is 4.79 Å². The molecule has 3 heterocycles. The van der Waals surface area contributed by atoms with E-state index >= 15 is 0 Å². The lowest BCUT2D eigenvalue weighted by atomic mass is 10.2. The Bertz CT molecular complexity index is 1190. The van der Waals surface area contributed by atoms with Gasteiger partial charge in [0.1, 0.15) is 0 Å². The summed E-state index contributed by atoms with van der Waals surface area (Å²) in [6.07, 6.45) is 5.24. The Morgan fingerprint density at radius 2 is 2.00 bits per heavy atom. The van der Waals surface area contributed by atoms with Gasteiger partial charge in [0, 0.05) is 24.3 Å². The van der Waals surface area contributed by atoms with Crippen LogP contribution in [-0.2, 0) is 9.59 Å². The molecule has 0 saturated carbocycles. The maximum atomic E-state index is 12.6. The fourth-order valence-electron chi connectivity index (χ4n) is 2.94. The number of nitrogens with one attached hydrogen (secondary N) is 1. The van der Waals surface area contributed by atoms with Crippen LogP contribution >= 0.6 is 35.1 Å². The lowest BCUT2D eigenvalue weighted by Crippen LogP contribution is -2.37. The van der Waals surface area contributed by atoms with E-state index in [2.05, 4.69) is 10.3 Å². The van der Waals surface area contributed by atoms with Gasteiger partial charge in [-0.1, -0.05) is 47.6 Å². The molecule has 10 heteroatoms. The van der Waals surface area contributed by atoms with Crippen molar-refractivity contribution in [2.24, 2.45) is 0 Å². The fourth-order valence-corrected chi connectivity index (χ4v) is 4.78. The zero-order chi connectivity index (χ0) is 21.8. The molecule has 4 rings (SSSR count). The maximum absolute atomic E-state index is 12.6. The van der Waals surface area contributed by atoms with Crippen LogP contribution in [0.25, 0.3) is 11.6 Å². The van der Waals surface area contributed by atoms with Crippen LogP contribution in [0.1, 0.15) is 5.56 Å². The van der Waals surface area contributed by atoms with E-state index < -0.39 is 0 Å². The molecule has 1 saturated heterocycles. The van der Waals surface area contributed by atoms with Gasteiger partial charge in [-0.25, -0.2) is 4.98 Å². The lowest BCUT2D eigenvalue weighted by Gasteiger charge is -2.12. The molecule has 7 nitrogen and oxygen atoms in total. The minimum absolute atomic E-state index is 0.104. The Hall–Kier alpha value is -2.75. The molecule has 31 heavy (non-hydrogen) atoms. The van der Waals surface area contributed by atoms with Crippen molar-refractivity contribution in [3.8, 4) is 0 Å². The van der Waals surface area contributed by atoms with Crippen LogP contribution in [0.3, 0.4) is 0 Å². The van der Waals surface area contributed by atoms with Crippen molar-refractivity contribution < 1.29 is 14.4 Å². The van der Waals surface area contributed by atoms with Gasteiger partial charge in [0.2, 0.25) is 5.91 Å². The molecule has 3 amide bonds. The maximum Gasteiger partial charge on any atom is 0.293 e. The average molecular weight is 473 g/mol. The number of halogens is 1. The van der Waals surface area contributed by atoms with Crippen LogP contribution < -0.4 is 5.32 Å². The summed E-state index contributed by atoms with van der Waals surface area (Å²) in [5, 5.41) is 3.60. The van der Waals surface area contributed by atoms with Gasteiger partial charge in [0.05, 0.1) is 22.4 Å². The third-order valence-electron chi connectivity index (χ3n) is 4.46. The largest absolute Gasteiger partial charge is 0.354 e. The minimum atomic E-state index is -0.387. The number of aromatic nitrogens is 2. The van der Waals surface area contributed by atoms with Gasteiger partial charge in [-0.15, -0.1) is 0 Å². The summed E-state index contributed by atoms with van der Waals surface area (Å²) in [5.41, 5.74) is 1.63. The van der Waals surface area contributed by atoms with Crippen molar-refractivity contribution >= 4 is 63.8 Å². The SMILES string of the molecule is O=C(CSc1ncc2ccccn12)NCCN1C(=O)S/C(=C\c2ccccc2Cl)C1=O. The average Bonchev–Trinajstić information content (AvgIpc) is 3.29. The number of benzene rings is 1. The van der Waals surface area contributed by atoms with Crippen LogP contribution in [0.15, 0.2) is 64.9 Å². The van der Waals surface area contributed by atoms with E-state index in [1.165, 1.54) is 11.8 Å². The summed E-state index contributed by atoms with van der Waals surface area (Å²) in [7, 11) is 0. The molecule has 1 aliphatic rings. The highest BCUT2D eigenvalue weighted by Gasteiger charge is 2.34. The van der Waals surface area contributed by atoms with Gasteiger partial charge in [-0.05, 0) is 41.6 Å². The molecule has 2 aromatic heterocycles. The van der Waals surface area contributed by atoms with Crippen molar-refractivity contribution in [2.75, 3.05) is 18.8 Å². The second kappa shape index (κ2) is 9.59. The highest BCUT2D eigenvalue weighted by Crippen LogP contribution is 2.33. The number of imide groups is 1. The summed E-state index contributed by atoms with van der Waals surface area (Å²) < 4.78 is 1.91. The predicted molar refractivity (Wildman–Crippen MR) is 123 cm³/mol. The van der Waals surface area contributed by atoms with Crippen LogP contribution in [0, 0.1) is 0 Å². The van der Waals surface area contributed by atoms with Crippen molar-refractivity contribution in [3.05, 3.63) is 70.3 Å². The summed E-state index contributed by atoms with van der Waals surface area (Å²) in [5.74, 6) is -0.402. The topological polar surface area (TPSA) is 83.8 Å². The van der Waals surface area contributed by atoms with Gasteiger partial charge in [-0.3, -0.25) is 23.7 Å². The molecule has 0 spiro atoms. The first-order valence-electron chi connectivity index (χ1n) is 9.34. The number of rotatable bonds is 7. The number of carbonyl (C=O) groups is 3. The Morgan fingerprint density at radius 1 is 1.19 bits per heavy atom. The number of nitrogens with zero attached hydrogens (tertiary/aromatic N) is 3. The highest BCUT2D eigenvalue weighted by atomic mass is 35.5. The van der Waals surface area contributed by atoms with Crippen molar-refractivity contribution in [1.29, 1.82) is 0 Å². The number of amides is 3. The first-order chi connectivity index (χ1) is 15.0. The third kappa shape index (κ3) is 4.95. The quantitative estimate of drug-likeness (QED) is 0.414. The van der Waals surface area contributed by atoms with E-state index in [4.69, 9.17) is 11.6 Å². The molecule has 1 aromatic carbocycles. The molecular weight excluding hydrogens is 456 g/mol. The van der Waals surface area contributed by atoms with E-state index in [9.17, 15) is 14.4 Å². The van der Waals surface area contributed by atoms with Gasteiger partial charge in [0.25, 0.3) is 11.1 Å². The molecule has 3 aromatic rings. The molecule has 0 unspecified atom stereocenters. The Labute approximate surface area is 191 Å². The highest BCUT2D eigenvalue weighted by molar-refractivity contribution is 8.18. The van der Waals surface area contributed by atoms with Gasteiger partial charge >= 0.3 is 0 Å². The van der Waals surface area contributed by atoms with E-state index in [-0.39, 0.29) is 35.9 Å². The standard InChI is InChI=1S/C21H17ClN4O3S2/c22-16-7-2-1-5-14(16)11-17-19(28)26(21(29)31-17)10-8-23-18(27)13-30-20-24-12-15-6-3-4-9-25(15)20/h1-7,9,11-12H,8,10,13H2,(H,23,27)/b17-11-. The Kier molecular flexibility index (Phi) is 6.64. The summed E-state index contributed by atoms with van der Waals surface area (Å²) in [6.45, 7) is 0.284. The Balaban J connectivity index is 1.28. The zero-order valence-electron chi connectivity index (χ0n) is 16.2.